The number of nitrogens with zero attached hydrogens (tertiary/aromatic N) is 4. The SMILES string of the molecule is N/C(CCn1cnc2ccc([N+](=O)[O-])cc21)=N/O. The van der Waals surface area contributed by atoms with Gasteiger partial charge in [0.1, 0.15) is 5.84 Å². The van der Waals surface area contributed by atoms with Crippen molar-refractivity contribution in [3.05, 3.63) is 34.6 Å². The van der Waals surface area contributed by atoms with Gasteiger partial charge in [-0.05, 0) is 6.07 Å². The molecule has 0 radical (unpaired) electrons. The van der Waals surface area contributed by atoms with Gasteiger partial charge in [0.2, 0.25) is 0 Å². The van der Waals surface area contributed by atoms with Crippen molar-refractivity contribution in [1.82, 2.24) is 9.55 Å². The van der Waals surface area contributed by atoms with Gasteiger partial charge in [0.25, 0.3) is 5.69 Å². The molecule has 0 aliphatic heterocycles. The van der Waals surface area contributed by atoms with E-state index in [4.69, 9.17) is 10.9 Å². The fourth-order valence-electron chi connectivity index (χ4n) is 1.62. The van der Waals surface area contributed by atoms with Gasteiger partial charge in [0.15, 0.2) is 0 Å². The topological polar surface area (TPSA) is 120 Å². The van der Waals surface area contributed by atoms with E-state index in [0.717, 1.165) is 0 Å². The summed E-state index contributed by atoms with van der Waals surface area (Å²) in [5, 5.41) is 22.0. The van der Waals surface area contributed by atoms with E-state index in [1.807, 2.05) is 0 Å². The fraction of sp³-hybridized carbons (Fsp3) is 0.200. The third-order valence-corrected chi connectivity index (χ3v) is 2.55. The molecule has 8 heteroatoms. The molecular weight excluding hydrogens is 238 g/mol. The summed E-state index contributed by atoms with van der Waals surface area (Å²) in [6.07, 6.45) is 1.91. The minimum Gasteiger partial charge on any atom is -0.409 e. The van der Waals surface area contributed by atoms with Crippen LogP contribution in [0.25, 0.3) is 11.0 Å². The van der Waals surface area contributed by atoms with Crippen LogP contribution in [0.5, 0.6) is 0 Å². The molecule has 0 saturated heterocycles. The number of non-ortho nitro benzene ring substituents is 1. The normalized spacial score (nSPS) is 11.9. The average Bonchev–Trinajstić information content (AvgIpc) is 2.78. The molecule has 2 aromatic rings. The van der Waals surface area contributed by atoms with E-state index in [-0.39, 0.29) is 11.5 Å². The van der Waals surface area contributed by atoms with Crippen molar-refractivity contribution in [2.75, 3.05) is 0 Å². The van der Waals surface area contributed by atoms with Gasteiger partial charge < -0.3 is 15.5 Å². The summed E-state index contributed by atoms with van der Waals surface area (Å²) >= 11 is 0. The number of amidine groups is 1. The summed E-state index contributed by atoms with van der Waals surface area (Å²) in [5.74, 6) is 0.0993. The first-order chi connectivity index (χ1) is 8.61. The zero-order valence-electron chi connectivity index (χ0n) is 9.35. The molecule has 2 rings (SSSR count). The second kappa shape index (κ2) is 4.70. The molecule has 94 valence electrons. The van der Waals surface area contributed by atoms with Crippen LogP contribution in [0.15, 0.2) is 29.7 Å². The first-order valence-corrected chi connectivity index (χ1v) is 5.17. The van der Waals surface area contributed by atoms with Crippen LogP contribution in [-0.4, -0.2) is 25.5 Å². The predicted octanol–water partition coefficient (Wildman–Crippen LogP) is 1.08. The molecule has 18 heavy (non-hydrogen) atoms. The lowest BCUT2D eigenvalue weighted by Crippen LogP contribution is -2.14. The van der Waals surface area contributed by atoms with Gasteiger partial charge in [-0.15, -0.1) is 0 Å². The standard InChI is InChI=1S/C10H11N5O3/c11-10(13-16)3-4-14-6-12-8-2-1-7(15(17)18)5-9(8)14/h1-2,5-6,16H,3-4H2,(H2,11,13). The first-order valence-electron chi connectivity index (χ1n) is 5.17. The monoisotopic (exact) mass is 249 g/mol. The zero-order chi connectivity index (χ0) is 13.1. The second-order valence-corrected chi connectivity index (χ2v) is 3.71. The third kappa shape index (κ3) is 2.21. The highest BCUT2D eigenvalue weighted by Gasteiger charge is 2.10. The van der Waals surface area contributed by atoms with Crippen LogP contribution in [0.2, 0.25) is 0 Å². The predicted molar refractivity (Wildman–Crippen MR) is 64.4 cm³/mol. The van der Waals surface area contributed by atoms with Gasteiger partial charge in [-0.2, -0.15) is 0 Å². The highest BCUT2D eigenvalue weighted by molar-refractivity contribution is 5.80. The molecule has 0 saturated carbocycles. The van der Waals surface area contributed by atoms with Gasteiger partial charge in [-0.3, -0.25) is 10.1 Å². The van der Waals surface area contributed by atoms with Crippen LogP contribution in [0, 0.1) is 10.1 Å². The highest BCUT2D eigenvalue weighted by atomic mass is 16.6. The fourth-order valence-corrected chi connectivity index (χ4v) is 1.62. The number of rotatable bonds is 4. The Morgan fingerprint density at radius 3 is 3.06 bits per heavy atom. The molecule has 0 unspecified atom stereocenters. The summed E-state index contributed by atoms with van der Waals surface area (Å²) in [5.41, 5.74) is 6.69. The second-order valence-electron chi connectivity index (χ2n) is 3.71. The molecule has 0 aliphatic carbocycles. The maximum absolute atomic E-state index is 10.7. The molecule has 0 amide bonds. The average molecular weight is 249 g/mol. The van der Waals surface area contributed by atoms with E-state index in [2.05, 4.69) is 10.1 Å². The van der Waals surface area contributed by atoms with Gasteiger partial charge in [-0.25, -0.2) is 4.98 Å². The van der Waals surface area contributed by atoms with Gasteiger partial charge in [0.05, 0.1) is 22.3 Å². The van der Waals surface area contributed by atoms with E-state index in [1.165, 1.54) is 12.1 Å². The number of oxime groups is 1. The highest BCUT2D eigenvalue weighted by Crippen LogP contribution is 2.20. The van der Waals surface area contributed by atoms with Crippen molar-refractivity contribution < 1.29 is 10.1 Å². The molecule has 0 atom stereocenters. The number of nitro groups is 1. The van der Waals surface area contributed by atoms with Crippen molar-refractivity contribution in [2.24, 2.45) is 10.9 Å². The third-order valence-electron chi connectivity index (χ3n) is 2.55. The van der Waals surface area contributed by atoms with Crippen LogP contribution in [0.3, 0.4) is 0 Å². The lowest BCUT2D eigenvalue weighted by molar-refractivity contribution is -0.384. The molecule has 1 heterocycles. The molecule has 1 aromatic heterocycles. The Morgan fingerprint density at radius 2 is 2.39 bits per heavy atom. The number of hydrogen-bond acceptors (Lipinski definition) is 5. The Kier molecular flexibility index (Phi) is 3.09. The Hall–Kier alpha value is -2.64. The Labute approximate surface area is 101 Å². The first kappa shape index (κ1) is 11.8. The minimum absolute atomic E-state index is 0.00745. The number of nitrogens with two attached hydrogens (primary N) is 1. The Balaban J connectivity index is 2.33. The van der Waals surface area contributed by atoms with Crippen molar-refractivity contribution >= 4 is 22.6 Å². The summed E-state index contributed by atoms with van der Waals surface area (Å²) in [6.45, 7) is 0.438. The molecule has 0 fully saturated rings. The Bertz CT molecular complexity index is 619. The number of aromatic nitrogens is 2. The van der Waals surface area contributed by atoms with E-state index < -0.39 is 4.92 Å². The maximum Gasteiger partial charge on any atom is 0.271 e. The summed E-state index contributed by atoms with van der Waals surface area (Å²) in [7, 11) is 0. The van der Waals surface area contributed by atoms with E-state index in [9.17, 15) is 10.1 Å². The molecule has 1 aromatic carbocycles. The molecule has 0 bridgehead atoms. The zero-order valence-corrected chi connectivity index (χ0v) is 9.35. The smallest absolute Gasteiger partial charge is 0.271 e. The van der Waals surface area contributed by atoms with E-state index >= 15 is 0 Å². The number of hydrogen-bond donors (Lipinski definition) is 2. The molecule has 8 nitrogen and oxygen atoms in total. The lowest BCUT2D eigenvalue weighted by atomic mass is 10.2. The van der Waals surface area contributed by atoms with Crippen LogP contribution in [0.4, 0.5) is 5.69 Å². The molecule has 0 aliphatic rings. The number of aryl methyl sites for hydroxylation is 1. The van der Waals surface area contributed by atoms with E-state index in [1.54, 1.807) is 17.0 Å². The van der Waals surface area contributed by atoms with Crippen molar-refractivity contribution in [1.29, 1.82) is 0 Å². The van der Waals surface area contributed by atoms with Crippen molar-refractivity contribution in [2.45, 2.75) is 13.0 Å². The number of fused-ring (bicyclic) bond motifs is 1. The van der Waals surface area contributed by atoms with Crippen LogP contribution in [0.1, 0.15) is 6.42 Å². The van der Waals surface area contributed by atoms with Gasteiger partial charge >= 0.3 is 0 Å². The summed E-state index contributed by atoms with van der Waals surface area (Å²) in [4.78, 5) is 14.4. The maximum atomic E-state index is 10.7. The summed E-state index contributed by atoms with van der Waals surface area (Å²) in [6, 6.07) is 4.45. The van der Waals surface area contributed by atoms with Crippen LogP contribution >= 0.6 is 0 Å². The molecular formula is C10H11N5O3. The van der Waals surface area contributed by atoms with E-state index in [0.29, 0.717) is 24.0 Å². The molecule has 3 N–H and O–H groups in total. The summed E-state index contributed by atoms with van der Waals surface area (Å²) < 4.78 is 1.72. The lowest BCUT2D eigenvalue weighted by Gasteiger charge is -2.02. The van der Waals surface area contributed by atoms with Gasteiger partial charge in [-0.1, -0.05) is 5.16 Å². The van der Waals surface area contributed by atoms with Crippen LogP contribution < -0.4 is 5.73 Å². The van der Waals surface area contributed by atoms with Crippen molar-refractivity contribution in [3.8, 4) is 0 Å². The Morgan fingerprint density at radius 1 is 1.61 bits per heavy atom. The number of nitro benzene ring substituents is 1. The number of benzene rings is 1. The van der Waals surface area contributed by atoms with Gasteiger partial charge in [0, 0.05) is 25.1 Å². The largest absolute Gasteiger partial charge is 0.409 e. The minimum atomic E-state index is -0.458. The van der Waals surface area contributed by atoms with Crippen LogP contribution in [-0.2, 0) is 6.54 Å². The van der Waals surface area contributed by atoms with Crippen molar-refractivity contribution in [3.63, 3.8) is 0 Å². The quantitative estimate of drug-likeness (QED) is 0.276. The molecule has 0 spiro atoms. The number of imidazole rings is 1.